The third kappa shape index (κ3) is 3.10. The number of amides is 1. The Morgan fingerprint density at radius 3 is 2.62 bits per heavy atom. The van der Waals surface area contributed by atoms with Gasteiger partial charge in [-0.15, -0.1) is 0 Å². The van der Waals surface area contributed by atoms with Gasteiger partial charge in [0.1, 0.15) is 11.3 Å². The van der Waals surface area contributed by atoms with Gasteiger partial charge in [-0.25, -0.2) is 0 Å². The number of para-hydroxylation sites is 2. The Morgan fingerprint density at radius 2 is 1.85 bits per heavy atom. The molecule has 1 aromatic heterocycles. The van der Waals surface area contributed by atoms with Crippen molar-refractivity contribution in [1.82, 2.24) is 4.90 Å². The second-order valence-corrected chi connectivity index (χ2v) is 6.68. The van der Waals surface area contributed by atoms with Crippen molar-refractivity contribution in [3.63, 3.8) is 0 Å². The molecule has 0 unspecified atom stereocenters. The highest BCUT2D eigenvalue weighted by molar-refractivity contribution is 6.31. The molecule has 4 rings (SSSR count). The average molecular weight is 371 g/mol. The van der Waals surface area contributed by atoms with Gasteiger partial charge < -0.3 is 19.0 Å². The first kappa shape index (κ1) is 16.8. The van der Waals surface area contributed by atoms with Crippen LogP contribution in [0.2, 0.25) is 5.02 Å². The molecule has 1 amide bonds. The first-order chi connectivity index (χ1) is 12.7. The van der Waals surface area contributed by atoms with Gasteiger partial charge in [-0.05, 0) is 36.4 Å². The van der Waals surface area contributed by atoms with Crippen LogP contribution >= 0.6 is 11.6 Å². The number of anilines is 1. The van der Waals surface area contributed by atoms with E-state index in [4.69, 9.17) is 20.8 Å². The SMILES string of the molecule is COc1ccccc1N1CCN(C(=O)c2cc3cc(Cl)ccc3o2)CC1. The van der Waals surface area contributed by atoms with Crippen molar-refractivity contribution in [2.75, 3.05) is 38.2 Å². The molecule has 2 heterocycles. The largest absolute Gasteiger partial charge is 0.495 e. The van der Waals surface area contributed by atoms with Gasteiger partial charge in [0, 0.05) is 36.6 Å². The number of furan rings is 1. The fourth-order valence-electron chi connectivity index (χ4n) is 3.32. The van der Waals surface area contributed by atoms with Crippen molar-refractivity contribution in [2.45, 2.75) is 0 Å². The summed E-state index contributed by atoms with van der Waals surface area (Å²) in [7, 11) is 1.67. The Bertz CT molecular complexity index is 945. The molecule has 0 N–H and O–H groups in total. The third-order valence-electron chi connectivity index (χ3n) is 4.68. The number of hydrogen-bond acceptors (Lipinski definition) is 4. The summed E-state index contributed by atoms with van der Waals surface area (Å²) in [5.74, 6) is 1.12. The van der Waals surface area contributed by atoms with Gasteiger partial charge in [0.25, 0.3) is 5.91 Å². The average Bonchev–Trinajstić information content (AvgIpc) is 3.10. The molecule has 1 aliphatic heterocycles. The van der Waals surface area contributed by atoms with Crippen molar-refractivity contribution in [3.05, 3.63) is 59.3 Å². The van der Waals surface area contributed by atoms with Crippen molar-refractivity contribution in [1.29, 1.82) is 0 Å². The smallest absolute Gasteiger partial charge is 0.289 e. The molecule has 1 saturated heterocycles. The zero-order valence-electron chi connectivity index (χ0n) is 14.4. The highest BCUT2D eigenvalue weighted by atomic mass is 35.5. The molecule has 0 radical (unpaired) electrons. The molecule has 2 aromatic carbocycles. The van der Waals surface area contributed by atoms with Crippen molar-refractivity contribution in [2.24, 2.45) is 0 Å². The highest BCUT2D eigenvalue weighted by Crippen LogP contribution is 2.29. The van der Waals surface area contributed by atoms with E-state index in [1.807, 2.05) is 29.2 Å². The Hall–Kier alpha value is -2.66. The minimum absolute atomic E-state index is 0.0861. The predicted octanol–water partition coefficient (Wildman–Crippen LogP) is 4.06. The van der Waals surface area contributed by atoms with Crippen LogP contribution in [0.3, 0.4) is 0 Å². The van der Waals surface area contributed by atoms with Crippen molar-refractivity contribution < 1.29 is 13.9 Å². The summed E-state index contributed by atoms with van der Waals surface area (Å²) in [6.07, 6.45) is 0. The van der Waals surface area contributed by atoms with Crippen molar-refractivity contribution in [3.8, 4) is 5.75 Å². The van der Waals surface area contributed by atoms with E-state index < -0.39 is 0 Å². The van der Waals surface area contributed by atoms with E-state index in [0.717, 1.165) is 29.9 Å². The summed E-state index contributed by atoms with van der Waals surface area (Å²) >= 11 is 6.00. The molecular weight excluding hydrogens is 352 g/mol. The van der Waals surface area contributed by atoms with E-state index in [2.05, 4.69) is 4.90 Å². The minimum Gasteiger partial charge on any atom is -0.495 e. The maximum atomic E-state index is 12.8. The van der Waals surface area contributed by atoms with E-state index in [-0.39, 0.29) is 5.91 Å². The van der Waals surface area contributed by atoms with Crippen LogP contribution < -0.4 is 9.64 Å². The molecular formula is C20H19ClN2O3. The Balaban J connectivity index is 1.47. The quantitative estimate of drug-likeness (QED) is 0.697. The number of methoxy groups -OCH3 is 1. The van der Waals surface area contributed by atoms with E-state index in [1.165, 1.54) is 0 Å². The molecule has 0 atom stereocenters. The predicted molar refractivity (Wildman–Crippen MR) is 102 cm³/mol. The fourth-order valence-corrected chi connectivity index (χ4v) is 3.50. The monoisotopic (exact) mass is 370 g/mol. The summed E-state index contributed by atoms with van der Waals surface area (Å²) in [5, 5.41) is 1.47. The van der Waals surface area contributed by atoms with E-state index in [0.29, 0.717) is 29.5 Å². The number of nitrogens with zero attached hydrogens (tertiary/aromatic N) is 2. The van der Waals surface area contributed by atoms with Crippen LogP contribution in [0.1, 0.15) is 10.6 Å². The number of carbonyl (C=O) groups excluding carboxylic acids is 1. The van der Waals surface area contributed by atoms with E-state index in [9.17, 15) is 4.79 Å². The fraction of sp³-hybridized carbons (Fsp3) is 0.250. The summed E-state index contributed by atoms with van der Waals surface area (Å²) in [4.78, 5) is 16.8. The second-order valence-electron chi connectivity index (χ2n) is 6.24. The van der Waals surface area contributed by atoms with E-state index in [1.54, 1.807) is 31.4 Å². The lowest BCUT2D eigenvalue weighted by Crippen LogP contribution is -2.48. The standard InChI is InChI=1S/C20H19ClN2O3/c1-25-18-5-3-2-4-16(18)22-8-10-23(11-9-22)20(24)19-13-14-12-15(21)6-7-17(14)26-19/h2-7,12-13H,8-11H2,1H3. The van der Waals surface area contributed by atoms with Crippen LogP contribution in [0, 0.1) is 0 Å². The summed E-state index contributed by atoms with van der Waals surface area (Å²) in [6.45, 7) is 2.76. The number of ether oxygens (including phenoxy) is 1. The Kier molecular flexibility index (Phi) is 4.47. The molecule has 134 valence electrons. The first-order valence-corrected chi connectivity index (χ1v) is 8.90. The highest BCUT2D eigenvalue weighted by Gasteiger charge is 2.25. The topological polar surface area (TPSA) is 45.9 Å². The number of benzene rings is 2. The molecule has 5 nitrogen and oxygen atoms in total. The van der Waals surface area contributed by atoms with Crippen molar-refractivity contribution >= 4 is 34.2 Å². The first-order valence-electron chi connectivity index (χ1n) is 8.52. The van der Waals surface area contributed by atoms with Gasteiger partial charge in [-0.2, -0.15) is 0 Å². The van der Waals surface area contributed by atoms with Gasteiger partial charge >= 0.3 is 0 Å². The molecule has 0 saturated carbocycles. The zero-order valence-corrected chi connectivity index (χ0v) is 15.2. The lowest BCUT2D eigenvalue weighted by atomic mass is 10.2. The summed E-state index contributed by atoms with van der Waals surface area (Å²) in [5.41, 5.74) is 1.73. The summed E-state index contributed by atoms with van der Waals surface area (Å²) < 4.78 is 11.1. The summed E-state index contributed by atoms with van der Waals surface area (Å²) in [6, 6.07) is 15.0. The number of hydrogen-bond donors (Lipinski definition) is 0. The second kappa shape index (κ2) is 6.92. The minimum atomic E-state index is -0.0861. The van der Waals surface area contributed by atoms with Gasteiger partial charge in [0.05, 0.1) is 12.8 Å². The molecule has 3 aromatic rings. The lowest BCUT2D eigenvalue weighted by Gasteiger charge is -2.36. The normalized spacial score (nSPS) is 14.7. The van der Waals surface area contributed by atoms with Crippen LogP contribution in [-0.2, 0) is 0 Å². The van der Waals surface area contributed by atoms with Crippen LogP contribution in [0.5, 0.6) is 5.75 Å². The van der Waals surface area contributed by atoms with Gasteiger partial charge in [-0.3, -0.25) is 4.79 Å². The van der Waals surface area contributed by atoms with Gasteiger partial charge in [0.15, 0.2) is 5.76 Å². The molecule has 1 fully saturated rings. The van der Waals surface area contributed by atoms with Crippen LogP contribution in [0.15, 0.2) is 52.9 Å². The van der Waals surface area contributed by atoms with Crippen LogP contribution in [0.4, 0.5) is 5.69 Å². The molecule has 26 heavy (non-hydrogen) atoms. The van der Waals surface area contributed by atoms with Crippen LogP contribution in [-0.4, -0.2) is 44.1 Å². The third-order valence-corrected chi connectivity index (χ3v) is 4.92. The maximum Gasteiger partial charge on any atom is 0.289 e. The van der Waals surface area contributed by atoms with Crippen LogP contribution in [0.25, 0.3) is 11.0 Å². The van der Waals surface area contributed by atoms with Gasteiger partial charge in [0.2, 0.25) is 0 Å². The Labute approximate surface area is 156 Å². The van der Waals surface area contributed by atoms with Gasteiger partial charge in [-0.1, -0.05) is 23.7 Å². The molecule has 0 spiro atoms. The lowest BCUT2D eigenvalue weighted by molar-refractivity contribution is 0.0717. The number of halogens is 1. The maximum absolute atomic E-state index is 12.8. The number of rotatable bonds is 3. The number of fused-ring (bicyclic) bond motifs is 1. The molecule has 6 heteroatoms. The Morgan fingerprint density at radius 1 is 1.08 bits per heavy atom. The number of carbonyl (C=O) groups is 1. The van der Waals surface area contributed by atoms with E-state index >= 15 is 0 Å². The number of piperazine rings is 1. The zero-order chi connectivity index (χ0) is 18.1. The molecule has 0 bridgehead atoms. The molecule has 0 aliphatic carbocycles. The molecule has 1 aliphatic rings.